The molecule has 18 heavy (non-hydrogen) atoms. The van der Waals surface area contributed by atoms with Gasteiger partial charge in [-0.1, -0.05) is 0 Å². The monoisotopic (exact) mass is 307 g/mol. The van der Waals surface area contributed by atoms with Crippen LogP contribution >= 0.6 is 15.9 Å². The second kappa shape index (κ2) is 4.68. The minimum atomic E-state index is 0.645. The Labute approximate surface area is 114 Å². The van der Waals surface area contributed by atoms with E-state index in [0.717, 1.165) is 35.6 Å². The number of halogens is 1. The quantitative estimate of drug-likeness (QED) is 0.868. The third-order valence-electron chi connectivity index (χ3n) is 3.12. The predicted molar refractivity (Wildman–Crippen MR) is 72.4 cm³/mol. The molecule has 1 aliphatic heterocycles. The summed E-state index contributed by atoms with van der Waals surface area (Å²) in [6.07, 6.45) is 5.46. The maximum absolute atomic E-state index is 4.29. The Balaban J connectivity index is 1.57. The van der Waals surface area contributed by atoms with Crippen LogP contribution in [0.4, 0.5) is 5.82 Å². The van der Waals surface area contributed by atoms with Crippen LogP contribution in [0.25, 0.3) is 0 Å². The van der Waals surface area contributed by atoms with Gasteiger partial charge in [0.1, 0.15) is 12.1 Å². The van der Waals surface area contributed by atoms with Crippen molar-refractivity contribution < 1.29 is 0 Å². The van der Waals surface area contributed by atoms with E-state index in [0.29, 0.717) is 5.92 Å². The van der Waals surface area contributed by atoms with Gasteiger partial charge in [-0.15, -0.1) is 0 Å². The number of aromatic nitrogens is 4. The van der Waals surface area contributed by atoms with Crippen LogP contribution in [-0.4, -0.2) is 32.8 Å². The number of nitrogens with zero attached hydrogens (tertiary/aromatic N) is 5. The molecule has 1 saturated heterocycles. The van der Waals surface area contributed by atoms with Gasteiger partial charge in [-0.3, -0.25) is 4.68 Å². The Morgan fingerprint density at radius 1 is 1.39 bits per heavy atom. The second-order valence-electron chi connectivity index (χ2n) is 4.67. The van der Waals surface area contributed by atoms with Gasteiger partial charge in [0.25, 0.3) is 0 Å². The standard InChI is InChI=1S/C12H14BrN5/c1-9-2-12(15-8-14-9)17-4-10(5-17)6-18-7-11(13)3-16-18/h2-3,7-8,10H,4-6H2,1H3. The van der Waals surface area contributed by atoms with Crippen LogP contribution in [0, 0.1) is 12.8 Å². The van der Waals surface area contributed by atoms with Crippen LogP contribution < -0.4 is 4.90 Å². The number of anilines is 1. The van der Waals surface area contributed by atoms with E-state index in [1.54, 1.807) is 6.33 Å². The molecule has 0 unspecified atom stereocenters. The van der Waals surface area contributed by atoms with Gasteiger partial charge >= 0.3 is 0 Å². The molecule has 3 heterocycles. The molecule has 0 atom stereocenters. The predicted octanol–water partition coefficient (Wildman–Crippen LogP) is 1.88. The maximum atomic E-state index is 4.29. The first-order valence-corrected chi connectivity index (χ1v) is 6.71. The van der Waals surface area contributed by atoms with Gasteiger partial charge in [0.05, 0.1) is 10.7 Å². The fourth-order valence-corrected chi connectivity index (χ4v) is 2.52. The summed E-state index contributed by atoms with van der Waals surface area (Å²) < 4.78 is 3.02. The van der Waals surface area contributed by atoms with Gasteiger partial charge in [0, 0.05) is 43.5 Å². The summed E-state index contributed by atoms with van der Waals surface area (Å²) in [5, 5.41) is 4.28. The molecule has 0 aromatic carbocycles. The Bertz CT molecular complexity index is 547. The molecule has 0 amide bonds. The molecule has 6 heteroatoms. The van der Waals surface area contributed by atoms with E-state index in [1.807, 2.05) is 30.1 Å². The Morgan fingerprint density at radius 2 is 2.22 bits per heavy atom. The summed E-state index contributed by atoms with van der Waals surface area (Å²) in [6, 6.07) is 2.03. The van der Waals surface area contributed by atoms with Crippen molar-refractivity contribution in [2.75, 3.05) is 18.0 Å². The van der Waals surface area contributed by atoms with E-state index >= 15 is 0 Å². The minimum Gasteiger partial charge on any atom is -0.356 e. The van der Waals surface area contributed by atoms with Crippen molar-refractivity contribution in [2.45, 2.75) is 13.5 Å². The van der Waals surface area contributed by atoms with E-state index < -0.39 is 0 Å². The third kappa shape index (κ3) is 2.38. The lowest BCUT2D eigenvalue weighted by atomic mass is 10.0. The van der Waals surface area contributed by atoms with Gasteiger partial charge in [-0.05, 0) is 22.9 Å². The van der Waals surface area contributed by atoms with Gasteiger partial charge in [0.15, 0.2) is 0 Å². The van der Waals surface area contributed by atoms with Crippen LogP contribution in [0.1, 0.15) is 5.69 Å². The highest BCUT2D eigenvalue weighted by Gasteiger charge is 2.28. The van der Waals surface area contributed by atoms with E-state index in [9.17, 15) is 0 Å². The highest BCUT2D eigenvalue weighted by Crippen LogP contribution is 2.24. The largest absolute Gasteiger partial charge is 0.356 e. The van der Waals surface area contributed by atoms with Crippen molar-refractivity contribution in [1.29, 1.82) is 0 Å². The molecule has 1 fully saturated rings. The number of rotatable bonds is 3. The lowest BCUT2D eigenvalue weighted by Gasteiger charge is -2.40. The Kier molecular flexibility index (Phi) is 3.03. The zero-order valence-corrected chi connectivity index (χ0v) is 11.7. The molecule has 5 nitrogen and oxygen atoms in total. The summed E-state index contributed by atoms with van der Waals surface area (Å²) in [5.74, 6) is 1.67. The highest BCUT2D eigenvalue weighted by atomic mass is 79.9. The molecule has 3 rings (SSSR count). The van der Waals surface area contributed by atoms with Crippen molar-refractivity contribution in [3.8, 4) is 0 Å². The summed E-state index contributed by atoms with van der Waals surface area (Å²) in [4.78, 5) is 10.7. The van der Waals surface area contributed by atoms with Crippen LogP contribution in [0.5, 0.6) is 0 Å². The van der Waals surface area contributed by atoms with E-state index in [2.05, 4.69) is 35.9 Å². The average molecular weight is 308 g/mol. The fourth-order valence-electron chi connectivity index (χ4n) is 2.19. The molecule has 2 aromatic heterocycles. The summed E-state index contributed by atoms with van der Waals surface area (Å²) in [7, 11) is 0. The number of aryl methyl sites for hydroxylation is 1. The summed E-state index contributed by atoms with van der Waals surface area (Å²) >= 11 is 3.41. The van der Waals surface area contributed by atoms with Gasteiger partial charge in [-0.25, -0.2) is 9.97 Å². The number of hydrogen-bond donors (Lipinski definition) is 0. The Hall–Kier alpha value is -1.43. The van der Waals surface area contributed by atoms with Crippen LogP contribution in [0.2, 0.25) is 0 Å². The molecule has 94 valence electrons. The molecule has 0 aliphatic carbocycles. The first-order valence-electron chi connectivity index (χ1n) is 5.92. The molecule has 0 radical (unpaired) electrons. The lowest BCUT2D eigenvalue weighted by Crippen LogP contribution is -2.49. The van der Waals surface area contributed by atoms with Crippen LogP contribution in [0.15, 0.2) is 29.3 Å². The molecule has 2 aromatic rings. The fraction of sp³-hybridized carbons (Fsp3) is 0.417. The van der Waals surface area contributed by atoms with Crippen molar-refractivity contribution >= 4 is 21.7 Å². The van der Waals surface area contributed by atoms with E-state index in [-0.39, 0.29) is 0 Å². The van der Waals surface area contributed by atoms with Crippen LogP contribution in [-0.2, 0) is 6.54 Å². The SMILES string of the molecule is Cc1cc(N2CC(Cn3cc(Br)cn3)C2)ncn1. The summed E-state index contributed by atoms with van der Waals surface area (Å²) in [6.45, 7) is 5.03. The maximum Gasteiger partial charge on any atom is 0.132 e. The zero-order valence-electron chi connectivity index (χ0n) is 10.1. The molecule has 0 N–H and O–H groups in total. The molecule has 0 spiro atoms. The van der Waals surface area contributed by atoms with Gasteiger partial charge < -0.3 is 4.90 Å². The number of hydrogen-bond acceptors (Lipinski definition) is 4. The first kappa shape index (κ1) is 11.6. The molecule has 0 saturated carbocycles. The first-order chi connectivity index (χ1) is 8.70. The third-order valence-corrected chi connectivity index (χ3v) is 3.53. The minimum absolute atomic E-state index is 0.645. The average Bonchev–Trinajstić information content (AvgIpc) is 2.69. The second-order valence-corrected chi connectivity index (χ2v) is 5.58. The van der Waals surface area contributed by atoms with Crippen molar-refractivity contribution in [3.05, 3.63) is 35.0 Å². The Morgan fingerprint density at radius 3 is 2.89 bits per heavy atom. The molecular formula is C12H14BrN5. The van der Waals surface area contributed by atoms with Crippen LogP contribution in [0.3, 0.4) is 0 Å². The molecular weight excluding hydrogens is 294 g/mol. The zero-order chi connectivity index (χ0) is 12.5. The highest BCUT2D eigenvalue weighted by molar-refractivity contribution is 9.10. The molecule has 0 bridgehead atoms. The normalized spacial score (nSPS) is 15.8. The smallest absolute Gasteiger partial charge is 0.132 e. The van der Waals surface area contributed by atoms with Crippen molar-refractivity contribution in [3.63, 3.8) is 0 Å². The summed E-state index contributed by atoms with van der Waals surface area (Å²) in [5.41, 5.74) is 1.01. The van der Waals surface area contributed by atoms with Gasteiger partial charge in [0.2, 0.25) is 0 Å². The van der Waals surface area contributed by atoms with E-state index in [4.69, 9.17) is 0 Å². The van der Waals surface area contributed by atoms with Crippen molar-refractivity contribution in [1.82, 2.24) is 19.7 Å². The van der Waals surface area contributed by atoms with Crippen molar-refractivity contribution in [2.24, 2.45) is 5.92 Å². The lowest BCUT2D eigenvalue weighted by molar-refractivity contribution is 0.340. The van der Waals surface area contributed by atoms with E-state index in [1.165, 1.54) is 0 Å². The molecule has 1 aliphatic rings. The topological polar surface area (TPSA) is 46.8 Å². The van der Waals surface area contributed by atoms with Gasteiger partial charge in [-0.2, -0.15) is 5.10 Å².